The van der Waals surface area contributed by atoms with Gasteiger partial charge in [-0.05, 0) is 12.5 Å². The van der Waals surface area contributed by atoms with E-state index in [9.17, 15) is 0 Å². The maximum atomic E-state index is 5.44. The molecule has 0 saturated carbocycles. The predicted octanol–water partition coefficient (Wildman–Crippen LogP) is 2.31. The van der Waals surface area contributed by atoms with Crippen LogP contribution >= 0.6 is 0 Å². The van der Waals surface area contributed by atoms with Crippen LogP contribution in [0.25, 0.3) is 0 Å². The molecule has 1 rings (SSSR count). The second-order valence-corrected chi connectivity index (χ2v) is 3.11. The summed E-state index contributed by atoms with van der Waals surface area (Å²) in [6.45, 7) is 3.58. The van der Waals surface area contributed by atoms with E-state index in [0.717, 1.165) is 24.5 Å². The molecule has 1 aromatic rings. The molecule has 0 spiro atoms. The Balaban J connectivity index is 2.47. The number of hydrogen-bond acceptors (Lipinski definition) is 3. The van der Waals surface area contributed by atoms with Crippen LogP contribution in [-0.2, 0) is 0 Å². The molecule has 1 aromatic heterocycles. The Labute approximate surface area is 90.9 Å². The van der Waals surface area contributed by atoms with E-state index in [0.29, 0.717) is 13.0 Å². The Bertz CT molecular complexity index is 331. The molecule has 0 aromatic carbocycles. The molecule has 3 heteroatoms. The average Bonchev–Trinajstić information content (AvgIpc) is 2.27. The molecule has 80 valence electrons. The van der Waals surface area contributed by atoms with Crippen molar-refractivity contribution in [3.8, 4) is 18.1 Å². The lowest BCUT2D eigenvalue weighted by molar-refractivity contribution is 0.327. The normalized spacial score (nSPS) is 9.33. The molecule has 0 bridgehead atoms. The Kier molecular flexibility index (Phi) is 5.10. The fraction of sp³-hybridized carbons (Fsp3) is 0.417. The van der Waals surface area contributed by atoms with E-state index in [1.807, 2.05) is 12.1 Å². The predicted molar refractivity (Wildman–Crippen MR) is 62.0 cm³/mol. The number of pyridine rings is 1. The van der Waals surface area contributed by atoms with Gasteiger partial charge in [0.15, 0.2) is 0 Å². The minimum absolute atomic E-state index is 0.549. The molecule has 1 heterocycles. The summed E-state index contributed by atoms with van der Waals surface area (Å²) in [5, 5.41) is 3.19. The number of rotatable bonds is 6. The summed E-state index contributed by atoms with van der Waals surface area (Å²) in [5.41, 5.74) is 0. The van der Waals surface area contributed by atoms with Crippen molar-refractivity contribution in [1.29, 1.82) is 0 Å². The zero-order valence-corrected chi connectivity index (χ0v) is 8.99. The van der Waals surface area contributed by atoms with Crippen molar-refractivity contribution in [3.63, 3.8) is 0 Å². The van der Waals surface area contributed by atoms with Crippen molar-refractivity contribution in [2.75, 3.05) is 18.5 Å². The van der Waals surface area contributed by atoms with Gasteiger partial charge in [-0.25, -0.2) is 4.98 Å². The summed E-state index contributed by atoms with van der Waals surface area (Å²) >= 11 is 0. The fourth-order valence-corrected chi connectivity index (χ4v) is 1.08. The lowest BCUT2D eigenvalue weighted by Crippen LogP contribution is -2.02. The molecule has 0 saturated heterocycles. The number of ether oxygens (including phenoxy) is 1. The molecule has 0 radical (unpaired) electrons. The topological polar surface area (TPSA) is 34.1 Å². The molecular weight excluding hydrogens is 188 g/mol. The summed E-state index contributed by atoms with van der Waals surface area (Å²) < 4.78 is 5.44. The van der Waals surface area contributed by atoms with Crippen molar-refractivity contribution >= 4 is 5.82 Å². The van der Waals surface area contributed by atoms with Crippen LogP contribution in [0.1, 0.15) is 19.8 Å². The van der Waals surface area contributed by atoms with E-state index in [4.69, 9.17) is 11.2 Å². The SMILES string of the molecule is C#CCCOc1ccnc(NCCC)c1. The van der Waals surface area contributed by atoms with Gasteiger partial charge in [0, 0.05) is 25.2 Å². The third kappa shape index (κ3) is 4.37. The molecule has 0 aliphatic carbocycles. The van der Waals surface area contributed by atoms with E-state index in [1.54, 1.807) is 6.20 Å². The average molecular weight is 204 g/mol. The van der Waals surface area contributed by atoms with Crippen molar-refractivity contribution in [3.05, 3.63) is 18.3 Å². The highest BCUT2D eigenvalue weighted by Gasteiger charge is 1.96. The van der Waals surface area contributed by atoms with E-state index < -0.39 is 0 Å². The first-order valence-electron chi connectivity index (χ1n) is 5.13. The first-order chi connectivity index (χ1) is 7.36. The lowest BCUT2D eigenvalue weighted by Gasteiger charge is -2.07. The van der Waals surface area contributed by atoms with Crippen LogP contribution in [0.3, 0.4) is 0 Å². The number of aromatic nitrogens is 1. The quantitative estimate of drug-likeness (QED) is 0.570. The largest absolute Gasteiger partial charge is 0.492 e. The zero-order chi connectivity index (χ0) is 10.9. The van der Waals surface area contributed by atoms with E-state index in [2.05, 4.69) is 23.1 Å². The van der Waals surface area contributed by atoms with Crippen LogP contribution in [0.4, 0.5) is 5.82 Å². The Morgan fingerprint density at radius 2 is 2.47 bits per heavy atom. The van der Waals surface area contributed by atoms with Gasteiger partial charge in [0.1, 0.15) is 11.6 Å². The summed E-state index contributed by atoms with van der Waals surface area (Å²) in [6, 6.07) is 3.71. The van der Waals surface area contributed by atoms with Gasteiger partial charge >= 0.3 is 0 Å². The van der Waals surface area contributed by atoms with Crippen molar-refractivity contribution in [2.24, 2.45) is 0 Å². The van der Waals surface area contributed by atoms with Crippen LogP contribution in [0.5, 0.6) is 5.75 Å². The highest BCUT2D eigenvalue weighted by atomic mass is 16.5. The first-order valence-corrected chi connectivity index (χ1v) is 5.13. The van der Waals surface area contributed by atoms with Crippen LogP contribution in [-0.4, -0.2) is 18.1 Å². The Hall–Kier alpha value is -1.69. The third-order valence-corrected chi connectivity index (χ3v) is 1.80. The minimum atomic E-state index is 0.549. The molecular formula is C12H16N2O. The summed E-state index contributed by atoms with van der Waals surface area (Å²) in [6.07, 6.45) is 8.56. The summed E-state index contributed by atoms with van der Waals surface area (Å²) in [4.78, 5) is 4.17. The van der Waals surface area contributed by atoms with E-state index >= 15 is 0 Å². The highest BCUT2D eigenvalue weighted by molar-refractivity contribution is 5.40. The van der Waals surface area contributed by atoms with Gasteiger partial charge < -0.3 is 10.1 Å². The molecule has 1 N–H and O–H groups in total. The molecule has 0 atom stereocenters. The van der Waals surface area contributed by atoms with Crippen molar-refractivity contribution in [2.45, 2.75) is 19.8 Å². The van der Waals surface area contributed by atoms with Crippen LogP contribution in [0.15, 0.2) is 18.3 Å². The Morgan fingerprint density at radius 3 is 3.20 bits per heavy atom. The van der Waals surface area contributed by atoms with Crippen molar-refractivity contribution < 1.29 is 4.74 Å². The van der Waals surface area contributed by atoms with Crippen LogP contribution in [0.2, 0.25) is 0 Å². The van der Waals surface area contributed by atoms with Gasteiger partial charge in [0.2, 0.25) is 0 Å². The summed E-state index contributed by atoms with van der Waals surface area (Å²) in [7, 11) is 0. The second kappa shape index (κ2) is 6.72. The van der Waals surface area contributed by atoms with Gasteiger partial charge in [-0.3, -0.25) is 0 Å². The number of anilines is 1. The third-order valence-electron chi connectivity index (χ3n) is 1.80. The molecule has 3 nitrogen and oxygen atoms in total. The molecule has 0 aliphatic rings. The molecule has 0 amide bonds. The number of hydrogen-bond donors (Lipinski definition) is 1. The number of nitrogens with one attached hydrogen (secondary N) is 1. The van der Waals surface area contributed by atoms with Crippen LogP contribution in [0, 0.1) is 12.3 Å². The van der Waals surface area contributed by atoms with Crippen molar-refractivity contribution in [1.82, 2.24) is 4.98 Å². The monoisotopic (exact) mass is 204 g/mol. The minimum Gasteiger partial charge on any atom is -0.492 e. The van der Waals surface area contributed by atoms with Gasteiger partial charge in [-0.1, -0.05) is 6.92 Å². The van der Waals surface area contributed by atoms with Gasteiger partial charge in [0.05, 0.1) is 6.61 Å². The number of terminal acetylenes is 1. The lowest BCUT2D eigenvalue weighted by atomic mass is 10.4. The van der Waals surface area contributed by atoms with Gasteiger partial charge in [-0.15, -0.1) is 12.3 Å². The standard InChI is InChI=1S/C12H16N2O/c1-3-5-9-15-11-6-8-14-12(10-11)13-7-4-2/h1,6,8,10H,4-5,7,9H2,2H3,(H,13,14). The van der Waals surface area contributed by atoms with Gasteiger partial charge in [-0.2, -0.15) is 0 Å². The molecule has 0 fully saturated rings. The maximum Gasteiger partial charge on any atom is 0.129 e. The zero-order valence-electron chi connectivity index (χ0n) is 8.99. The Morgan fingerprint density at radius 1 is 1.60 bits per heavy atom. The molecule has 15 heavy (non-hydrogen) atoms. The van der Waals surface area contributed by atoms with Gasteiger partial charge in [0.25, 0.3) is 0 Å². The summed E-state index contributed by atoms with van der Waals surface area (Å²) in [5.74, 6) is 4.18. The smallest absolute Gasteiger partial charge is 0.129 e. The fourth-order valence-electron chi connectivity index (χ4n) is 1.08. The maximum absolute atomic E-state index is 5.44. The first kappa shape index (κ1) is 11.4. The van der Waals surface area contributed by atoms with E-state index in [-0.39, 0.29) is 0 Å². The number of nitrogens with zero attached hydrogens (tertiary/aromatic N) is 1. The van der Waals surface area contributed by atoms with E-state index in [1.165, 1.54) is 0 Å². The second-order valence-electron chi connectivity index (χ2n) is 3.11. The highest BCUT2D eigenvalue weighted by Crippen LogP contribution is 2.14. The molecule has 0 aliphatic heterocycles. The van der Waals surface area contributed by atoms with Crippen LogP contribution < -0.4 is 10.1 Å². The molecule has 0 unspecified atom stereocenters.